The average molecular weight is 1990 g/mol. The normalized spacial score (nSPS) is 15.5. The van der Waals surface area contributed by atoms with Crippen molar-refractivity contribution < 1.29 is 154 Å². The van der Waals surface area contributed by atoms with Gasteiger partial charge < -0.3 is 75.0 Å². The van der Waals surface area contributed by atoms with Gasteiger partial charge in [-0.3, -0.25) is 28.8 Å². The Morgan fingerprint density at radius 2 is 0.684 bits per heavy atom. The fraction of sp³-hybridized carbons (Fsp3) is 0.313. The number of carbonyl (C=O) groups is 7. The van der Waals surface area contributed by atoms with E-state index in [-0.39, 0.29) is 106 Å². The molecule has 10 aromatic rings. The third-order valence-electron chi connectivity index (χ3n) is 21.3. The van der Waals surface area contributed by atoms with Crippen LogP contribution < -0.4 is 36.6 Å². The summed E-state index contributed by atoms with van der Waals surface area (Å²) in [5, 5.41) is 42.9. The summed E-state index contributed by atoms with van der Waals surface area (Å²) in [5.41, 5.74) is 3.00. The first-order valence-electron chi connectivity index (χ1n) is 41.2. The molecule has 3 amide bonds. The molecule has 0 saturated carbocycles. The Balaban J connectivity index is 0.000000420. The van der Waals surface area contributed by atoms with Crippen molar-refractivity contribution >= 4 is 87.2 Å². The van der Waals surface area contributed by atoms with E-state index < -0.39 is 71.2 Å². The average Bonchev–Trinajstić information content (AvgIpc) is 1.49. The SMILES string of the molecule is C1CCOC1.CC(=O)c1ccc(C(O)c2ccc(C(F)(F)F)cc2)cc1.CC(=O)c1ccc(I)cc1.C[CH-]C.O.O=C(O)c1ccc(C(O)c2ccc(C(F)(F)F)cc2)cc1.O=C(c1ccc(C(O)c2ccc(C(F)(F)F)cc2)cc1)N1CC(C[C@H]2CCN(C(=O)c3ccccc3)C2)C1.O=C(c1ccccc1)N1CC[C@H](CC2CNC2)C1.O=Cc1ccc(C(F)(F)F)cc1.[Cl-].[Li+].[Mg+2].[OH-]. The number of halogens is 14. The molecule has 5 aliphatic rings. The van der Waals surface area contributed by atoms with Gasteiger partial charge in [-0.1, -0.05) is 146 Å². The number of likely N-dealkylation sites (tertiary alicyclic amines) is 3. The number of hydrogen-bond acceptors (Lipinski definition) is 13. The molecule has 704 valence electrons. The summed E-state index contributed by atoms with van der Waals surface area (Å²) in [6.45, 7) is 16.1. The number of nitrogens with zero attached hydrogens (tertiary/aromatic N) is 3. The number of amides is 3. The number of nitrogens with one attached hydrogen (secondary N) is 1. The maximum atomic E-state index is 12.9. The van der Waals surface area contributed by atoms with Gasteiger partial charge in [0.1, 0.15) is 24.6 Å². The van der Waals surface area contributed by atoms with Crippen molar-refractivity contribution in [3.05, 3.63) is 359 Å². The van der Waals surface area contributed by atoms with Gasteiger partial charge in [0.15, 0.2) is 11.6 Å². The summed E-state index contributed by atoms with van der Waals surface area (Å²) in [6.07, 6.45) is -11.3. The molecule has 10 aromatic carbocycles. The third-order valence-corrected chi connectivity index (χ3v) is 22.0. The molecule has 5 aliphatic heterocycles. The number of ketones is 2. The molecule has 0 aliphatic carbocycles. The molecule has 15 rings (SSSR count). The summed E-state index contributed by atoms with van der Waals surface area (Å²) in [6, 6.07) is 61.8. The molecule has 34 heteroatoms. The molecule has 133 heavy (non-hydrogen) atoms. The third kappa shape index (κ3) is 37.5. The number of aliphatic hydroxyl groups excluding tert-OH is 3. The van der Waals surface area contributed by atoms with E-state index >= 15 is 0 Å². The number of benzene rings is 10. The molecular formula is C99H103ClF12ILiMgN4O14. The first kappa shape index (κ1) is 118. The van der Waals surface area contributed by atoms with Crippen LogP contribution in [0, 0.1) is 33.7 Å². The van der Waals surface area contributed by atoms with Crippen molar-refractivity contribution in [2.75, 3.05) is 65.6 Å². The van der Waals surface area contributed by atoms with Crippen LogP contribution in [0.4, 0.5) is 52.7 Å². The van der Waals surface area contributed by atoms with E-state index in [1.54, 1.807) is 60.4 Å². The fourth-order valence-corrected chi connectivity index (χ4v) is 14.4. The summed E-state index contributed by atoms with van der Waals surface area (Å²) < 4.78 is 155. The molecule has 3 unspecified atom stereocenters. The molecule has 5 atom stereocenters. The van der Waals surface area contributed by atoms with E-state index in [0.29, 0.717) is 87.2 Å². The fourth-order valence-electron chi connectivity index (χ4n) is 14.1. The number of aldehydes is 1. The van der Waals surface area contributed by atoms with Gasteiger partial charge in [-0.05, 0) is 254 Å². The topological polar surface area (TPSA) is 293 Å². The van der Waals surface area contributed by atoms with Gasteiger partial charge in [-0.25, -0.2) is 4.79 Å². The van der Waals surface area contributed by atoms with Crippen LogP contribution in [0.3, 0.4) is 0 Å². The smallest absolute Gasteiger partial charge is 1.00 e. The zero-order valence-electron chi connectivity index (χ0n) is 73.6. The number of carboxylic acids is 1. The second-order valence-electron chi connectivity index (χ2n) is 31.1. The van der Waals surface area contributed by atoms with E-state index in [0.717, 1.165) is 134 Å². The van der Waals surface area contributed by atoms with Crippen LogP contribution in [-0.2, 0) is 29.4 Å². The van der Waals surface area contributed by atoms with Crippen LogP contribution in [0.25, 0.3) is 0 Å². The predicted octanol–water partition coefficient (Wildman–Crippen LogP) is 14.3. The number of ether oxygens (including phenoxy) is 1. The number of hydrogen-bond donors (Lipinski definition) is 5. The summed E-state index contributed by atoms with van der Waals surface area (Å²) in [7, 11) is 0. The Labute approximate surface area is 812 Å². The van der Waals surface area contributed by atoms with Crippen molar-refractivity contribution in [1.82, 2.24) is 20.0 Å². The zero-order valence-corrected chi connectivity index (χ0v) is 77.9. The number of carbonyl (C=O) groups excluding carboxylic acids is 6. The molecule has 5 saturated heterocycles. The maximum Gasteiger partial charge on any atom is 2.00 e. The van der Waals surface area contributed by atoms with Crippen molar-refractivity contribution in [2.45, 2.75) is 109 Å². The standard InChI is InChI=1S/C30H29F3N2O3.C16H13F3O2.C15H11F3O3.C15H20N2O.C8H5F3O.C8H7IO.C4H8O.C3H7.ClH.Li.Mg.2H2O/c31-30(32,33)26-12-10-23(11-13-26)27(36)22-6-8-25(9-7-22)29(38)35-18-21(19-35)16-20-14-15-34(17-20)28(37)24-4-2-1-3-5-24;1-10(20)11-2-4-12(5-3-11)15(21)13-6-8-14(9-7-13)16(17,18)19;16-15(17,18)12-7-5-10(6-8-12)13(19)9-1-3-11(4-2-9)14(20)21;18-15(14-4-2-1-3-5-14)17-7-6-12(11-17)8-13-9-16-10-13;9-8(10,11)7-3-1-6(5-12)2-4-7;1-6(10)7-2-4-8(9)5-3-7;1-2-4-5-3-1;1-3-2;;;;;/h1-13,20-21,27,36H,14-19H2;2-9,15,21H,1H3;1-8,13,19H,(H,20,21);1-5,12-13,16H,6-11H2;1-5H;2-5H,1H3;1-4H2;3H,1-2H3;1H;;;2*1H2/q;;;;;;;-1;;+1;+2;;/p-2/t20-,27?;;;12-;;;;;;;;;/m1..1........./s1. The molecule has 5 fully saturated rings. The minimum absolute atomic E-state index is 0. The Hall–Kier alpha value is -9.65. The number of carboxylic acid groups (broad SMARTS) is 1. The van der Waals surface area contributed by atoms with Gasteiger partial charge >= 0.3 is 72.6 Å². The second kappa shape index (κ2) is 56.6. The Kier molecular flexibility index (Phi) is 50.1. The van der Waals surface area contributed by atoms with Gasteiger partial charge in [0, 0.05) is 89.4 Å². The van der Waals surface area contributed by atoms with Crippen molar-refractivity contribution in [2.24, 2.45) is 23.7 Å². The van der Waals surface area contributed by atoms with Gasteiger partial charge in [-0.15, -0.1) is 0 Å². The van der Waals surface area contributed by atoms with E-state index in [1.807, 2.05) is 115 Å². The summed E-state index contributed by atoms with van der Waals surface area (Å²) >= 11 is 2.21. The van der Waals surface area contributed by atoms with E-state index in [2.05, 4.69) is 27.9 Å². The largest absolute Gasteiger partial charge is 2.00 e. The molecule has 0 bridgehead atoms. The summed E-state index contributed by atoms with van der Waals surface area (Å²) in [4.78, 5) is 86.3. The van der Waals surface area contributed by atoms with Crippen LogP contribution in [0.2, 0.25) is 0 Å². The van der Waals surface area contributed by atoms with Crippen LogP contribution in [-0.4, -0.2) is 176 Å². The predicted molar refractivity (Wildman–Crippen MR) is 482 cm³/mol. The van der Waals surface area contributed by atoms with Crippen LogP contribution in [0.1, 0.15) is 213 Å². The number of rotatable bonds is 17. The molecule has 0 spiro atoms. The second-order valence-corrected chi connectivity index (χ2v) is 32.4. The van der Waals surface area contributed by atoms with Gasteiger partial charge in [0.25, 0.3) is 17.7 Å². The Morgan fingerprint density at radius 1 is 0.421 bits per heavy atom. The monoisotopic (exact) mass is 1990 g/mol. The number of alkyl halides is 12. The van der Waals surface area contributed by atoms with E-state index in [4.69, 9.17) is 9.84 Å². The van der Waals surface area contributed by atoms with Crippen LogP contribution in [0.15, 0.2) is 255 Å². The van der Waals surface area contributed by atoms with Crippen molar-refractivity contribution in [3.63, 3.8) is 0 Å². The first-order valence-corrected chi connectivity index (χ1v) is 42.3. The zero-order chi connectivity index (χ0) is 93.5. The number of aliphatic hydroxyl groups is 3. The molecule has 0 aromatic heterocycles. The van der Waals surface area contributed by atoms with Crippen molar-refractivity contribution in [3.8, 4) is 0 Å². The quantitative estimate of drug-likeness (QED) is 0.0141. The van der Waals surface area contributed by atoms with Crippen molar-refractivity contribution in [1.29, 1.82) is 0 Å². The van der Waals surface area contributed by atoms with E-state index in [1.165, 1.54) is 106 Å². The number of aromatic carboxylic acids is 1. The maximum absolute atomic E-state index is 12.9. The minimum atomic E-state index is -4.43. The molecule has 0 radical (unpaired) electrons. The van der Waals surface area contributed by atoms with Gasteiger partial charge in [-0.2, -0.15) is 66.5 Å². The van der Waals surface area contributed by atoms with Crippen LogP contribution >= 0.6 is 22.6 Å². The molecule has 18 nitrogen and oxygen atoms in total. The minimum Gasteiger partial charge on any atom is -1.00 e. The van der Waals surface area contributed by atoms with E-state index in [9.17, 15) is 102 Å². The molecule has 5 heterocycles. The number of Topliss-reactive ketones (excluding diaryl/α,β-unsaturated/α-hetero) is 2. The summed E-state index contributed by atoms with van der Waals surface area (Å²) in [5.74, 6) is 1.55. The first-order chi connectivity index (χ1) is 60.7. The van der Waals surface area contributed by atoms with Gasteiger partial charge in [0.2, 0.25) is 0 Å². The van der Waals surface area contributed by atoms with Gasteiger partial charge in [0.05, 0.1) is 27.8 Å². The molecular weight excluding hydrogens is 1890 g/mol. The van der Waals surface area contributed by atoms with Crippen LogP contribution in [0.5, 0.6) is 0 Å². The molecule has 8 N–H and O–H groups in total. The Morgan fingerprint density at radius 3 is 0.955 bits per heavy atom. The Bertz CT molecular complexity index is 5050.